The van der Waals surface area contributed by atoms with E-state index in [-0.39, 0.29) is 17.5 Å². The van der Waals surface area contributed by atoms with Crippen molar-refractivity contribution in [3.63, 3.8) is 0 Å². The molecular weight excluding hydrogens is 687 g/mol. The Bertz CT molecular complexity index is 2600. The minimum Gasteiger partial charge on any atom is -0.457 e. The molecule has 3 atom stereocenters. The summed E-state index contributed by atoms with van der Waals surface area (Å²) in [5, 5.41) is 1.78. The predicted molar refractivity (Wildman–Crippen MR) is 216 cm³/mol. The summed E-state index contributed by atoms with van der Waals surface area (Å²) in [4.78, 5) is 47.5. The number of nitrogens with zero attached hydrogens (tertiary/aromatic N) is 2. The van der Waals surface area contributed by atoms with E-state index in [1.54, 1.807) is 11.0 Å². The SMILES string of the molecule is CCC(C)C(C(=O)NNC(=O)c1cc2cc(Oc3cccc(C)c3)ccc2[nH]1)N1C(=O)c2ccccc2C1c1c(-c2ccc(C)cc2)n(C)c2ccccc12. The van der Waals surface area contributed by atoms with E-state index in [0.29, 0.717) is 17.7 Å². The van der Waals surface area contributed by atoms with Crippen LogP contribution in [-0.4, -0.2) is 38.2 Å². The largest absolute Gasteiger partial charge is 0.457 e. The van der Waals surface area contributed by atoms with Crippen molar-refractivity contribution < 1.29 is 19.1 Å². The van der Waals surface area contributed by atoms with Gasteiger partial charge in [0.25, 0.3) is 17.7 Å². The van der Waals surface area contributed by atoms with Crippen LogP contribution in [0.15, 0.2) is 121 Å². The first-order valence-corrected chi connectivity index (χ1v) is 18.7. The van der Waals surface area contributed by atoms with Crippen LogP contribution in [0.4, 0.5) is 0 Å². The number of H-pyrrole nitrogens is 1. The van der Waals surface area contributed by atoms with Gasteiger partial charge in [-0.2, -0.15) is 0 Å². The lowest BCUT2D eigenvalue weighted by molar-refractivity contribution is -0.128. The first-order chi connectivity index (χ1) is 26.6. The number of rotatable bonds is 9. The predicted octanol–water partition coefficient (Wildman–Crippen LogP) is 9.16. The Kier molecular flexibility index (Phi) is 9.22. The van der Waals surface area contributed by atoms with E-state index in [4.69, 9.17) is 4.74 Å². The maximum absolute atomic E-state index is 14.6. The lowest BCUT2D eigenvalue weighted by Crippen LogP contribution is -2.55. The van der Waals surface area contributed by atoms with Crippen molar-refractivity contribution in [3.05, 3.63) is 155 Å². The van der Waals surface area contributed by atoms with Gasteiger partial charge in [0.15, 0.2) is 0 Å². The molecule has 276 valence electrons. The number of para-hydroxylation sites is 1. The van der Waals surface area contributed by atoms with Crippen molar-refractivity contribution >= 4 is 39.5 Å². The number of amides is 3. The third-order valence-corrected chi connectivity index (χ3v) is 10.9. The number of carbonyl (C=O) groups excluding carboxylic acids is 3. The zero-order valence-corrected chi connectivity index (χ0v) is 31.5. The zero-order chi connectivity index (χ0) is 38.4. The number of hydrazine groups is 1. The van der Waals surface area contributed by atoms with Gasteiger partial charge in [-0.15, -0.1) is 0 Å². The van der Waals surface area contributed by atoms with Gasteiger partial charge in [0.1, 0.15) is 23.2 Å². The number of benzene rings is 5. The minimum atomic E-state index is -0.913. The van der Waals surface area contributed by atoms with Gasteiger partial charge in [0.05, 0.1) is 11.7 Å². The molecule has 7 aromatic rings. The molecule has 9 heteroatoms. The number of aromatic amines is 1. The lowest BCUT2D eigenvalue weighted by Gasteiger charge is -2.36. The van der Waals surface area contributed by atoms with E-state index < -0.39 is 23.9 Å². The van der Waals surface area contributed by atoms with Crippen LogP contribution in [0.1, 0.15) is 69.4 Å². The van der Waals surface area contributed by atoms with Crippen molar-refractivity contribution in [3.8, 4) is 22.8 Å². The van der Waals surface area contributed by atoms with Crippen LogP contribution in [0.25, 0.3) is 33.1 Å². The molecule has 0 spiro atoms. The number of ether oxygens (including phenoxy) is 1. The molecule has 0 saturated heterocycles. The molecule has 3 heterocycles. The molecule has 3 N–H and O–H groups in total. The highest BCUT2D eigenvalue weighted by Crippen LogP contribution is 2.48. The summed E-state index contributed by atoms with van der Waals surface area (Å²) in [6.07, 6.45) is 0.619. The summed E-state index contributed by atoms with van der Waals surface area (Å²) in [6, 6.07) is 37.8. The van der Waals surface area contributed by atoms with Crippen molar-refractivity contribution in [1.82, 2.24) is 25.3 Å². The molecule has 9 nitrogen and oxygen atoms in total. The van der Waals surface area contributed by atoms with Crippen LogP contribution in [-0.2, 0) is 11.8 Å². The molecular formula is C46H43N5O4. The van der Waals surface area contributed by atoms with E-state index in [9.17, 15) is 14.4 Å². The summed E-state index contributed by atoms with van der Waals surface area (Å²) in [5.41, 5.74) is 13.9. The van der Waals surface area contributed by atoms with Crippen LogP contribution < -0.4 is 15.6 Å². The van der Waals surface area contributed by atoms with Gasteiger partial charge in [0.2, 0.25) is 0 Å². The summed E-state index contributed by atoms with van der Waals surface area (Å²) in [7, 11) is 2.05. The Morgan fingerprint density at radius 1 is 0.818 bits per heavy atom. The van der Waals surface area contributed by atoms with Crippen molar-refractivity contribution in [2.45, 2.75) is 46.2 Å². The van der Waals surface area contributed by atoms with E-state index >= 15 is 0 Å². The number of fused-ring (bicyclic) bond motifs is 3. The van der Waals surface area contributed by atoms with Crippen LogP contribution in [0, 0.1) is 19.8 Å². The highest BCUT2D eigenvalue weighted by Gasteiger charge is 2.47. The van der Waals surface area contributed by atoms with Gasteiger partial charge in [-0.25, -0.2) is 0 Å². The Hall–Kier alpha value is -6.61. The average molecular weight is 730 g/mol. The molecule has 3 amide bonds. The average Bonchev–Trinajstić information content (AvgIpc) is 3.84. The van der Waals surface area contributed by atoms with Gasteiger partial charge in [-0.1, -0.05) is 98.6 Å². The van der Waals surface area contributed by atoms with Crippen LogP contribution >= 0.6 is 0 Å². The molecule has 55 heavy (non-hydrogen) atoms. The fourth-order valence-electron chi connectivity index (χ4n) is 7.93. The summed E-state index contributed by atoms with van der Waals surface area (Å²) < 4.78 is 8.23. The van der Waals surface area contributed by atoms with Crippen LogP contribution in [0.2, 0.25) is 0 Å². The number of nitrogens with one attached hydrogen (secondary N) is 3. The number of hydrogen-bond acceptors (Lipinski definition) is 4. The molecule has 1 aliphatic heterocycles. The Balaban J connectivity index is 1.12. The summed E-state index contributed by atoms with van der Waals surface area (Å²) in [5.74, 6) is -0.117. The lowest BCUT2D eigenvalue weighted by atomic mass is 9.90. The first-order valence-electron chi connectivity index (χ1n) is 18.7. The molecule has 0 radical (unpaired) electrons. The van der Waals surface area contributed by atoms with Crippen molar-refractivity contribution in [2.75, 3.05) is 0 Å². The molecule has 3 unspecified atom stereocenters. The second kappa shape index (κ2) is 14.3. The molecule has 0 fully saturated rings. The number of aryl methyl sites for hydroxylation is 3. The molecule has 2 aromatic heterocycles. The number of carbonyl (C=O) groups is 3. The summed E-state index contributed by atoms with van der Waals surface area (Å²) >= 11 is 0. The Labute approximate surface area is 319 Å². The van der Waals surface area contributed by atoms with Gasteiger partial charge >= 0.3 is 0 Å². The normalized spacial score (nSPS) is 14.9. The fourth-order valence-corrected chi connectivity index (χ4v) is 7.93. The van der Waals surface area contributed by atoms with Gasteiger partial charge in [-0.05, 0) is 85.0 Å². The highest BCUT2D eigenvalue weighted by atomic mass is 16.5. The number of aromatic nitrogens is 2. The van der Waals surface area contributed by atoms with E-state index in [1.165, 1.54) is 0 Å². The molecule has 0 bridgehead atoms. The molecule has 0 saturated carbocycles. The van der Waals surface area contributed by atoms with Gasteiger partial charge < -0.3 is 19.2 Å². The van der Waals surface area contributed by atoms with Crippen LogP contribution in [0.5, 0.6) is 11.5 Å². The number of hydrogen-bond donors (Lipinski definition) is 3. The molecule has 5 aromatic carbocycles. The van der Waals surface area contributed by atoms with Gasteiger partial charge in [-0.3, -0.25) is 25.2 Å². The van der Waals surface area contributed by atoms with E-state index in [2.05, 4.69) is 63.7 Å². The molecule has 1 aliphatic rings. The third kappa shape index (κ3) is 6.41. The second-order valence-corrected chi connectivity index (χ2v) is 14.5. The van der Waals surface area contributed by atoms with E-state index in [1.807, 2.05) is 107 Å². The van der Waals surface area contributed by atoms with E-state index in [0.717, 1.165) is 61.1 Å². The van der Waals surface area contributed by atoms with Crippen molar-refractivity contribution in [2.24, 2.45) is 13.0 Å². The van der Waals surface area contributed by atoms with Gasteiger partial charge in [0, 0.05) is 40.0 Å². The topological polar surface area (TPSA) is 108 Å². The van der Waals surface area contributed by atoms with Crippen LogP contribution in [0.3, 0.4) is 0 Å². The molecule has 0 aliphatic carbocycles. The first kappa shape index (κ1) is 35.4. The fraction of sp³-hybridized carbons (Fsp3) is 0.196. The highest BCUT2D eigenvalue weighted by molar-refractivity contribution is 6.05. The Morgan fingerprint density at radius 2 is 1.56 bits per heavy atom. The molecule has 8 rings (SSSR count). The zero-order valence-electron chi connectivity index (χ0n) is 31.5. The smallest absolute Gasteiger partial charge is 0.286 e. The minimum absolute atomic E-state index is 0.227. The van der Waals surface area contributed by atoms with Crippen molar-refractivity contribution in [1.29, 1.82) is 0 Å². The Morgan fingerprint density at radius 3 is 2.35 bits per heavy atom. The monoisotopic (exact) mass is 729 g/mol. The summed E-state index contributed by atoms with van der Waals surface area (Å²) in [6.45, 7) is 8.04. The quantitative estimate of drug-likeness (QED) is 0.129. The maximum atomic E-state index is 14.6. The standard InChI is InChI=1S/C46H43N5O4/c1-6-29(4)41(45(53)49-48-44(52)38-26-31-25-33(22-23-37(31)47-38)55-32-13-11-12-28(3)24-32)51-43(34-14-7-8-15-35(34)46(51)54)40-36-16-9-10-17-39(36)50(5)42(40)30-20-18-27(2)19-21-30/h7-26,29,41,43,47H,6H2,1-5H3,(H,48,52)(H,49,53). The third-order valence-electron chi connectivity index (χ3n) is 10.9. The maximum Gasteiger partial charge on any atom is 0.286 e. The second-order valence-electron chi connectivity index (χ2n) is 14.5.